The van der Waals surface area contributed by atoms with Gasteiger partial charge in [0.05, 0.1) is 5.56 Å². The third kappa shape index (κ3) is 3.12. The van der Waals surface area contributed by atoms with Crippen molar-refractivity contribution in [1.29, 1.82) is 0 Å². The third-order valence-corrected chi connectivity index (χ3v) is 4.02. The zero-order valence-corrected chi connectivity index (χ0v) is 12.5. The van der Waals surface area contributed by atoms with Crippen LogP contribution in [0.15, 0.2) is 22.7 Å². The third-order valence-electron chi connectivity index (χ3n) is 3.36. The summed E-state index contributed by atoms with van der Waals surface area (Å²) in [6, 6.07) is 5.90. The molecule has 4 heteroatoms. The average Bonchev–Trinajstić information content (AvgIpc) is 2.53. The maximum absolute atomic E-state index is 12.5. The molecule has 18 heavy (non-hydrogen) atoms. The zero-order valence-electron chi connectivity index (χ0n) is 10.9. The normalized spacial score (nSPS) is 17.6. The second-order valence-corrected chi connectivity index (χ2v) is 5.79. The van der Waals surface area contributed by atoms with Crippen molar-refractivity contribution in [1.82, 2.24) is 9.80 Å². The second kappa shape index (κ2) is 5.85. The SMILES string of the molecule is Cc1ccc(C(=O)N2CCCN(C)CC2)c(Br)c1. The van der Waals surface area contributed by atoms with Crippen LogP contribution >= 0.6 is 15.9 Å². The molecule has 0 aromatic heterocycles. The van der Waals surface area contributed by atoms with Gasteiger partial charge < -0.3 is 9.80 Å². The maximum atomic E-state index is 12.5. The molecule has 0 bridgehead atoms. The first-order valence-corrected chi connectivity index (χ1v) is 7.11. The predicted octanol–water partition coefficient (Wildman–Crippen LogP) is 2.54. The predicted molar refractivity (Wildman–Crippen MR) is 76.9 cm³/mol. The molecule has 98 valence electrons. The smallest absolute Gasteiger partial charge is 0.255 e. The van der Waals surface area contributed by atoms with Gasteiger partial charge in [0.2, 0.25) is 0 Å². The van der Waals surface area contributed by atoms with Crippen LogP contribution in [0.3, 0.4) is 0 Å². The summed E-state index contributed by atoms with van der Waals surface area (Å²) in [5, 5.41) is 0. The lowest BCUT2D eigenvalue weighted by Gasteiger charge is -2.21. The topological polar surface area (TPSA) is 23.6 Å². The van der Waals surface area contributed by atoms with E-state index in [-0.39, 0.29) is 5.91 Å². The number of aryl methyl sites for hydroxylation is 1. The zero-order chi connectivity index (χ0) is 13.1. The lowest BCUT2D eigenvalue weighted by molar-refractivity contribution is 0.0762. The minimum atomic E-state index is 0.136. The van der Waals surface area contributed by atoms with Gasteiger partial charge in [0.25, 0.3) is 5.91 Å². The molecule has 0 N–H and O–H groups in total. The van der Waals surface area contributed by atoms with Gasteiger partial charge in [-0.1, -0.05) is 6.07 Å². The lowest BCUT2D eigenvalue weighted by Crippen LogP contribution is -2.34. The fourth-order valence-electron chi connectivity index (χ4n) is 2.21. The molecule has 2 rings (SSSR count). The number of carbonyl (C=O) groups excluding carboxylic acids is 1. The van der Waals surface area contributed by atoms with Crippen molar-refractivity contribution in [3.8, 4) is 0 Å². The van der Waals surface area contributed by atoms with E-state index in [1.54, 1.807) is 0 Å². The summed E-state index contributed by atoms with van der Waals surface area (Å²) in [6.07, 6.45) is 1.05. The lowest BCUT2D eigenvalue weighted by atomic mass is 10.1. The van der Waals surface area contributed by atoms with Crippen LogP contribution in [-0.4, -0.2) is 48.9 Å². The number of rotatable bonds is 1. The minimum absolute atomic E-state index is 0.136. The highest BCUT2D eigenvalue weighted by Crippen LogP contribution is 2.20. The van der Waals surface area contributed by atoms with Crippen LogP contribution < -0.4 is 0 Å². The fourth-order valence-corrected chi connectivity index (χ4v) is 2.88. The number of amides is 1. The molecule has 0 atom stereocenters. The average molecular weight is 311 g/mol. The molecule has 1 saturated heterocycles. The molecule has 3 nitrogen and oxygen atoms in total. The summed E-state index contributed by atoms with van der Waals surface area (Å²) in [7, 11) is 2.11. The van der Waals surface area contributed by atoms with Crippen molar-refractivity contribution in [3.63, 3.8) is 0 Å². The van der Waals surface area contributed by atoms with Crippen LogP contribution in [0.5, 0.6) is 0 Å². The molecule has 0 unspecified atom stereocenters. The molecule has 1 heterocycles. The Morgan fingerprint density at radius 2 is 2.00 bits per heavy atom. The van der Waals surface area contributed by atoms with Gasteiger partial charge in [0.15, 0.2) is 0 Å². The largest absolute Gasteiger partial charge is 0.337 e. The van der Waals surface area contributed by atoms with E-state index in [1.165, 1.54) is 0 Å². The van der Waals surface area contributed by atoms with E-state index < -0.39 is 0 Å². The summed E-state index contributed by atoms with van der Waals surface area (Å²) in [6.45, 7) is 5.72. The Balaban J connectivity index is 2.15. The van der Waals surface area contributed by atoms with E-state index in [4.69, 9.17) is 0 Å². The molecule has 0 spiro atoms. The Bertz CT molecular complexity index is 447. The number of benzene rings is 1. The standard InChI is InChI=1S/C14H19BrN2O/c1-11-4-5-12(13(15)10-11)14(18)17-7-3-6-16(2)8-9-17/h4-5,10H,3,6-9H2,1-2H3. The van der Waals surface area contributed by atoms with Crippen molar-refractivity contribution in [2.45, 2.75) is 13.3 Å². The van der Waals surface area contributed by atoms with E-state index in [0.29, 0.717) is 0 Å². The number of hydrogen-bond donors (Lipinski definition) is 0. The van der Waals surface area contributed by atoms with Gasteiger partial charge in [-0.2, -0.15) is 0 Å². The summed E-state index contributed by atoms with van der Waals surface area (Å²) >= 11 is 3.49. The van der Waals surface area contributed by atoms with Crippen LogP contribution in [0.25, 0.3) is 0 Å². The van der Waals surface area contributed by atoms with Gasteiger partial charge in [-0.15, -0.1) is 0 Å². The molecule has 1 aliphatic rings. The summed E-state index contributed by atoms with van der Waals surface area (Å²) in [5.41, 5.74) is 1.93. The van der Waals surface area contributed by atoms with Gasteiger partial charge >= 0.3 is 0 Å². The molecule has 1 aliphatic heterocycles. The number of likely N-dealkylation sites (N-methyl/N-ethyl adjacent to an activating group) is 1. The van der Waals surface area contributed by atoms with Gasteiger partial charge in [-0.3, -0.25) is 4.79 Å². The summed E-state index contributed by atoms with van der Waals surface area (Å²) in [4.78, 5) is 16.7. The van der Waals surface area contributed by atoms with Crippen molar-refractivity contribution in [3.05, 3.63) is 33.8 Å². The van der Waals surface area contributed by atoms with E-state index >= 15 is 0 Å². The molecule has 1 fully saturated rings. The van der Waals surface area contributed by atoms with Crippen molar-refractivity contribution in [2.24, 2.45) is 0 Å². The van der Waals surface area contributed by atoms with Crippen molar-refractivity contribution in [2.75, 3.05) is 33.2 Å². The first-order valence-electron chi connectivity index (χ1n) is 6.32. The fraction of sp³-hybridized carbons (Fsp3) is 0.500. The molecule has 0 aliphatic carbocycles. The van der Waals surface area contributed by atoms with E-state index in [1.807, 2.05) is 30.0 Å². The van der Waals surface area contributed by atoms with Gasteiger partial charge in [0.1, 0.15) is 0 Å². The quantitative estimate of drug-likeness (QED) is 0.796. The summed E-state index contributed by atoms with van der Waals surface area (Å²) in [5.74, 6) is 0.136. The highest BCUT2D eigenvalue weighted by Gasteiger charge is 2.20. The van der Waals surface area contributed by atoms with Crippen LogP contribution in [-0.2, 0) is 0 Å². The molecule has 0 radical (unpaired) electrons. The van der Waals surface area contributed by atoms with E-state index in [2.05, 4.69) is 27.9 Å². The van der Waals surface area contributed by atoms with Gasteiger partial charge in [-0.05, 0) is 60.6 Å². The number of halogens is 1. The maximum Gasteiger partial charge on any atom is 0.255 e. The molecular formula is C14H19BrN2O. The van der Waals surface area contributed by atoms with Crippen LogP contribution in [0.1, 0.15) is 22.3 Å². The highest BCUT2D eigenvalue weighted by atomic mass is 79.9. The highest BCUT2D eigenvalue weighted by molar-refractivity contribution is 9.10. The molecule has 1 aromatic carbocycles. The Hall–Kier alpha value is -0.870. The first kappa shape index (κ1) is 13.6. The second-order valence-electron chi connectivity index (χ2n) is 4.93. The van der Waals surface area contributed by atoms with Crippen molar-refractivity contribution < 1.29 is 4.79 Å². The Labute approximate surface area is 117 Å². The Kier molecular flexibility index (Phi) is 4.40. The van der Waals surface area contributed by atoms with Crippen LogP contribution in [0.2, 0.25) is 0 Å². The monoisotopic (exact) mass is 310 g/mol. The van der Waals surface area contributed by atoms with Gasteiger partial charge in [-0.25, -0.2) is 0 Å². The number of nitrogens with zero attached hydrogens (tertiary/aromatic N) is 2. The van der Waals surface area contributed by atoms with Crippen molar-refractivity contribution >= 4 is 21.8 Å². The van der Waals surface area contributed by atoms with Crippen LogP contribution in [0.4, 0.5) is 0 Å². The van der Waals surface area contributed by atoms with E-state index in [9.17, 15) is 4.79 Å². The van der Waals surface area contributed by atoms with Gasteiger partial charge in [0, 0.05) is 24.1 Å². The molecule has 1 aromatic rings. The number of carbonyl (C=O) groups is 1. The molecule has 0 saturated carbocycles. The van der Waals surface area contributed by atoms with E-state index in [0.717, 1.165) is 48.2 Å². The van der Waals surface area contributed by atoms with Crippen LogP contribution in [0, 0.1) is 6.92 Å². The minimum Gasteiger partial charge on any atom is -0.337 e. The Morgan fingerprint density at radius 3 is 2.72 bits per heavy atom. The molecule has 1 amide bonds. The first-order chi connectivity index (χ1) is 8.58. The Morgan fingerprint density at radius 1 is 1.22 bits per heavy atom. The number of hydrogen-bond acceptors (Lipinski definition) is 2. The summed E-state index contributed by atoms with van der Waals surface area (Å²) < 4.78 is 0.894. The molecular weight excluding hydrogens is 292 g/mol.